The summed E-state index contributed by atoms with van der Waals surface area (Å²) in [5, 5.41) is 16.4. The largest absolute Gasteiger partial charge is 0.490 e. The van der Waals surface area contributed by atoms with Crippen LogP contribution in [0.3, 0.4) is 0 Å². The first-order valence-electron chi connectivity index (χ1n) is 8.01. The predicted molar refractivity (Wildman–Crippen MR) is 111 cm³/mol. The van der Waals surface area contributed by atoms with Gasteiger partial charge in [0, 0.05) is 21.8 Å². The molecule has 27 heavy (non-hydrogen) atoms. The molecule has 2 N–H and O–H groups in total. The van der Waals surface area contributed by atoms with Crippen molar-refractivity contribution < 1.29 is 14.5 Å². The summed E-state index contributed by atoms with van der Waals surface area (Å²) in [6.07, 6.45) is -0.101. The van der Waals surface area contributed by atoms with Crippen molar-refractivity contribution in [3.63, 3.8) is 0 Å². The van der Waals surface area contributed by atoms with E-state index in [2.05, 4.69) is 26.6 Å². The van der Waals surface area contributed by atoms with Gasteiger partial charge in [-0.05, 0) is 57.3 Å². The summed E-state index contributed by atoms with van der Waals surface area (Å²) < 4.78 is 6.38. The van der Waals surface area contributed by atoms with Gasteiger partial charge in [-0.3, -0.25) is 20.2 Å². The molecule has 0 radical (unpaired) electrons. The number of halogens is 1. The molecule has 0 spiro atoms. The van der Waals surface area contributed by atoms with Crippen LogP contribution in [0.5, 0.6) is 5.75 Å². The van der Waals surface area contributed by atoms with Crippen molar-refractivity contribution in [2.75, 3.05) is 5.32 Å². The van der Waals surface area contributed by atoms with Crippen molar-refractivity contribution in [3.05, 3.63) is 62.1 Å². The molecule has 0 heterocycles. The van der Waals surface area contributed by atoms with Crippen LogP contribution in [0.15, 0.2) is 40.9 Å². The van der Waals surface area contributed by atoms with Gasteiger partial charge in [0.2, 0.25) is 0 Å². The second kappa shape index (κ2) is 8.92. The number of aryl methyl sites for hydroxylation is 1. The number of hydrogen-bond donors (Lipinski definition) is 2. The van der Waals surface area contributed by atoms with Crippen LogP contribution in [0.4, 0.5) is 11.4 Å². The average Bonchev–Trinajstić information content (AvgIpc) is 2.57. The van der Waals surface area contributed by atoms with Crippen molar-refractivity contribution in [2.24, 2.45) is 0 Å². The molecule has 0 saturated heterocycles. The number of rotatable bonds is 5. The van der Waals surface area contributed by atoms with E-state index in [-0.39, 0.29) is 16.9 Å². The lowest BCUT2D eigenvalue weighted by Gasteiger charge is -2.15. The third-order valence-corrected chi connectivity index (χ3v) is 4.14. The van der Waals surface area contributed by atoms with Gasteiger partial charge >= 0.3 is 0 Å². The maximum atomic E-state index is 12.6. The van der Waals surface area contributed by atoms with Gasteiger partial charge in [0.15, 0.2) is 5.11 Å². The number of nitrogens with one attached hydrogen (secondary N) is 2. The van der Waals surface area contributed by atoms with Crippen LogP contribution in [0.2, 0.25) is 0 Å². The number of nitro benzene ring substituents is 1. The highest BCUT2D eigenvalue weighted by Gasteiger charge is 2.17. The Morgan fingerprint density at radius 2 is 1.96 bits per heavy atom. The Bertz CT molecular complexity index is 902. The Morgan fingerprint density at radius 1 is 1.26 bits per heavy atom. The molecular formula is C18H18BrN3O4S. The minimum absolute atomic E-state index is 0.0219. The normalized spacial score (nSPS) is 10.4. The van der Waals surface area contributed by atoms with Gasteiger partial charge in [0.1, 0.15) is 5.75 Å². The summed E-state index contributed by atoms with van der Waals surface area (Å²) in [6.45, 7) is 5.37. The quantitative estimate of drug-likeness (QED) is 0.392. The van der Waals surface area contributed by atoms with Crippen molar-refractivity contribution in [1.82, 2.24) is 5.32 Å². The van der Waals surface area contributed by atoms with Gasteiger partial charge in [0.25, 0.3) is 11.6 Å². The van der Waals surface area contributed by atoms with Gasteiger partial charge in [-0.15, -0.1) is 0 Å². The SMILES string of the molecule is Cc1ccc(NC(=S)NC(=O)c2cc(Br)ccc2OC(C)C)cc1[N+](=O)[O-]. The van der Waals surface area contributed by atoms with Crippen LogP contribution in [-0.2, 0) is 0 Å². The molecule has 2 aromatic rings. The lowest BCUT2D eigenvalue weighted by molar-refractivity contribution is -0.385. The standard InChI is InChI=1S/C18H18BrN3O4S/c1-10(2)26-16-7-5-12(19)8-14(16)17(23)21-18(27)20-13-6-4-11(3)15(9-13)22(24)25/h4-10H,1-3H3,(H2,20,21,23,27). The van der Waals surface area contributed by atoms with Gasteiger partial charge in [0.05, 0.1) is 16.6 Å². The zero-order chi connectivity index (χ0) is 20.1. The molecule has 9 heteroatoms. The third-order valence-electron chi connectivity index (χ3n) is 3.44. The van der Waals surface area contributed by atoms with E-state index in [0.29, 0.717) is 22.6 Å². The lowest BCUT2D eigenvalue weighted by Crippen LogP contribution is -2.34. The number of benzene rings is 2. The number of thiocarbonyl (C=S) groups is 1. The van der Waals surface area contributed by atoms with Crippen LogP contribution in [0.1, 0.15) is 29.8 Å². The van der Waals surface area contributed by atoms with E-state index in [9.17, 15) is 14.9 Å². The molecule has 0 bridgehead atoms. The van der Waals surface area contributed by atoms with Crippen LogP contribution in [0.25, 0.3) is 0 Å². The summed E-state index contributed by atoms with van der Waals surface area (Å²) in [6, 6.07) is 9.71. The van der Waals surface area contributed by atoms with Gasteiger partial charge in [-0.25, -0.2) is 0 Å². The molecule has 7 nitrogen and oxygen atoms in total. The third kappa shape index (κ3) is 5.73. The molecule has 0 fully saturated rings. The predicted octanol–water partition coefficient (Wildman–Crippen LogP) is 4.58. The Morgan fingerprint density at radius 3 is 2.59 bits per heavy atom. The van der Waals surface area contributed by atoms with Crippen molar-refractivity contribution in [1.29, 1.82) is 0 Å². The number of hydrogen-bond acceptors (Lipinski definition) is 5. The molecule has 0 atom stereocenters. The number of amides is 1. The molecular weight excluding hydrogens is 434 g/mol. The summed E-state index contributed by atoms with van der Waals surface area (Å²) in [5.74, 6) is -0.0227. The number of carbonyl (C=O) groups is 1. The van der Waals surface area contributed by atoms with Crippen molar-refractivity contribution in [2.45, 2.75) is 26.9 Å². The van der Waals surface area contributed by atoms with E-state index in [4.69, 9.17) is 17.0 Å². The number of ether oxygens (including phenoxy) is 1. The Labute approximate surface area is 170 Å². The van der Waals surface area contributed by atoms with E-state index < -0.39 is 10.8 Å². The highest BCUT2D eigenvalue weighted by atomic mass is 79.9. The van der Waals surface area contributed by atoms with E-state index in [1.165, 1.54) is 6.07 Å². The summed E-state index contributed by atoms with van der Waals surface area (Å²) in [4.78, 5) is 23.1. The monoisotopic (exact) mass is 451 g/mol. The second-order valence-electron chi connectivity index (χ2n) is 5.97. The lowest BCUT2D eigenvalue weighted by atomic mass is 10.2. The smallest absolute Gasteiger partial charge is 0.274 e. The first-order chi connectivity index (χ1) is 12.7. The fraction of sp³-hybridized carbons (Fsp3) is 0.222. The zero-order valence-corrected chi connectivity index (χ0v) is 17.3. The van der Waals surface area contributed by atoms with Crippen molar-refractivity contribution in [3.8, 4) is 5.75 Å². The van der Waals surface area contributed by atoms with Gasteiger partial charge in [-0.1, -0.05) is 22.0 Å². The minimum Gasteiger partial charge on any atom is -0.490 e. The van der Waals surface area contributed by atoms with Crippen molar-refractivity contribution >= 4 is 50.5 Å². The van der Waals surface area contributed by atoms with E-state index in [1.54, 1.807) is 37.3 Å². The molecule has 0 aliphatic heterocycles. The van der Waals surface area contributed by atoms with E-state index in [0.717, 1.165) is 4.47 Å². The zero-order valence-electron chi connectivity index (χ0n) is 14.9. The Hall–Kier alpha value is -2.52. The minimum atomic E-state index is -0.473. The number of carbonyl (C=O) groups excluding carboxylic acids is 1. The summed E-state index contributed by atoms with van der Waals surface area (Å²) >= 11 is 8.48. The van der Waals surface area contributed by atoms with Crippen LogP contribution in [0, 0.1) is 17.0 Å². The number of anilines is 1. The first kappa shape index (κ1) is 20.8. The molecule has 1 amide bonds. The fourth-order valence-electron chi connectivity index (χ4n) is 2.25. The van der Waals surface area contributed by atoms with E-state index in [1.807, 2.05) is 13.8 Å². The number of nitro groups is 1. The summed E-state index contributed by atoms with van der Waals surface area (Å²) in [5.41, 5.74) is 1.22. The second-order valence-corrected chi connectivity index (χ2v) is 7.30. The maximum Gasteiger partial charge on any atom is 0.274 e. The summed E-state index contributed by atoms with van der Waals surface area (Å²) in [7, 11) is 0. The molecule has 2 rings (SSSR count). The molecule has 142 valence electrons. The van der Waals surface area contributed by atoms with Gasteiger partial charge in [-0.2, -0.15) is 0 Å². The first-order valence-corrected chi connectivity index (χ1v) is 9.21. The Kier molecular flexibility index (Phi) is 6.86. The molecule has 2 aromatic carbocycles. The highest BCUT2D eigenvalue weighted by molar-refractivity contribution is 9.10. The maximum absolute atomic E-state index is 12.6. The van der Waals surface area contributed by atoms with Gasteiger partial charge < -0.3 is 10.1 Å². The van der Waals surface area contributed by atoms with Crippen LogP contribution < -0.4 is 15.4 Å². The fourth-order valence-corrected chi connectivity index (χ4v) is 2.82. The number of nitrogens with zero attached hydrogens (tertiary/aromatic N) is 1. The van der Waals surface area contributed by atoms with E-state index >= 15 is 0 Å². The molecule has 0 unspecified atom stereocenters. The highest BCUT2D eigenvalue weighted by Crippen LogP contribution is 2.25. The molecule has 0 aromatic heterocycles. The topological polar surface area (TPSA) is 93.5 Å². The Balaban J connectivity index is 2.15. The molecule has 0 aliphatic carbocycles. The molecule has 0 saturated carbocycles. The van der Waals surface area contributed by atoms with Crippen LogP contribution in [-0.4, -0.2) is 22.0 Å². The molecule has 0 aliphatic rings. The van der Waals surface area contributed by atoms with Crippen LogP contribution >= 0.6 is 28.1 Å². The average molecular weight is 452 g/mol.